The minimum atomic E-state index is -0.467. The lowest BCUT2D eigenvalue weighted by Gasteiger charge is -2.38. The van der Waals surface area contributed by atoms with Crippen LogP contribution in [-0.4, -0.2) is 61.9 Å². The van der Waals surface area contributed by atoms with E-state index in [9.17, 15) is 4.79 Å². The van der Waals surface area contributed by atoms with Crippen LogP contribution in [0.1, 0.15) is 46.5 Å². The number of carbonyl (C=O) groups is 1. The smallest absolute Gasteiger partial charge is 0.410 e. The standard InChI is InChI=1S/C24H31ClN6O3/c1-24(2,3)34-23(32)30-9-6-18(7-10-30)33-19-11-16(12-19)5-4-8-31-15-17(14-27-31)20-13-21(25)28-29-22(20)26/h13-16,18-19H,6-12H2,1-3H3,(H2,26,29)/t16-,19-. The number of hydrogen-bond acceptors (Lipinski definition) is 7. The zero-order chi connectivity index (χ0) is 24.3. The van der Waals surface area contributed by atoms with Crippen molar-refractivity contribution in [3.63, 3.8) is 0 Å². The molecule has 2 aliphatic rings. The summed E-state index contributed by atoms with van der Waals surface area (Å²) in [5.41, 5.74) is 6.95. The van der Waals surface area contributed by atoms with Gasteiger partial charge >= 0.3 is 6.09 Å². The molecule has 1 saturated carbocycles. The molecular formula is C24H31ClN6O3. The molecule has 0 aromatic carbocycles. The number of nitrogen functional groups attached to an aromatic ring is 1. The summed E-state index contributed by atoms with van der Waals surface area (Å²) in [5.74, 6) is 7.19. The summed E-state index contributed by atoms with van der Waals surface area (Å²) in [6.45, 7) is 7.50. The van der Waals surface area contributed by atoms with E-state index in [2.05, 4.69) is 27.1 Å². The van der Waals surface area contributed by atoms with Gasteiger partial charge in [-0.25, -0.2) is 4.79 Å². The van der Waals surface area contributed by atoms with E-state index in [1.165, 1.54) is 0 Å². The average Bonchev–Trinajstić information content (AvgIpc) is 3.21. The van der Waals surface area contributed by atoms with Crippen LogP contribution in [0.5, 0.6) is 0 Å². The van der Waals surface area contributed by atoms with Crippen molar-refractivity contribution in [1.82, 2.24) is 24.9 Å². The molecule has 1 amide bonds. The summed E-state index contributed by atoms with van der Waals surface area (Å²) in [6, 6.07) is 1.67. The Hall–Kier alpha value is -2.83. The van der Waals surface area contributed by atoms with Crippen LogP contribution < -0.4 is 5.73 Å². The molecule has 0 atom stereocenters. The highest BCUT2D eigenvalue weighted by Gasteiger charge is 2.33. The Kier molecular flexibility index (Phi) is 7.29. The van der Waals surface area contributed by atoms with Crippen molar-refractivity contribution in [2.75, 3.05) is 18.8 Å². The maximum atomic E-state index is 12.2. The van der Waals surface area contributed by atoms with Crippen LogP contribution >= 0.6 is 11.6 Å². The van der Waals surface area contributed by atoms with Crippen molar-refractivity contribution in [1.29, 1.82) is 0 Å². The fourth-order valence-corrected chi connectivity index (χ4v) is 4.18. The fraction of sp³-hybridized carbons (Fsp3) is 0.583. The van der Waals surface area contributed by atoms with E-state index in [4.69, 9.17) is 26.8 Å². The Bertz CT molecular complexity index is 1070. The van der Waals surface area contributed by atoms with E-state index in [-0.39, 0.29) is 23.5 Å². The lowest BCUT2D eigenvalue weighted by molar-refractivity contribution is -0.0848. The summed E-state index contributed by atoms with van der Waals surface area (Å²) in [7, 11) is 0. The molecule has 2 fully saturated rings. The lowest BCUT2D eigenvalue weighted by atomic mass is 9.82. The number of amides is 1. The molecule has 2 aromatic heterocycles. The molecule has 9 nitrogen and oxygen atoms in total. The van der Waals surface area contributed by atoms with Crippen LogP contribution in [0.2, 0.25) is 5.15 Å². The highest BCUT2D eigenvalue weighted by molar-refractivity contribution is 6.29. The zero-order valence-electron chi connectivity index (χ0n) is 19.8. The van der Waals surface area contributed by atoms with Gasteiger partial charge in [0.2, 0.25) is 0 Å². The van der Waals surface area contributed by atoms with Gasteiger partial charge in [-0.2, -0.15) is 5.10 Å². The molecule has 4 rings (SSSR count). The molecule has 2 aromatic rings. The Morgan fingerprint density at radius 1 is 1.24 bits per heavy atom. The van der Waals surface area contributed by atoms with Crippen LogP contribution in [0, 0.1) is 17.8 Å². The van der Waals surface area contributed by atoms with Crippen molar-refractivity contribution in [3.8, 4) is 23.0 Å². The number of ether oxygens (including phenoxy) is 2. The third-order valence-electron chi connectivity index (χ3n) is 5.86. The van der Waals surface area contributed by atoms with Crippen LogP contribution in [-0.2, 0) is 16.0 Å². The van der Waals surface area contributed by atoms with Gasteiger partial charge < -0.3 is 20.1 Å². The molecule has 182 valence electrons. The normalized spacial score (nSPS) is 20.9. The third kappa shape index (κ3) is 6.39. The number of halogens is 1. The number of aromatic nitrogens is 4. The van der Waals surface area contributed by atoms with E-state index >= 15 is 0 Å². The Balaban J connectivity index is 1.17. The van der Waals surface area contributed by atoms with Gasteiger partial charge in [-0.05, 0) is 52.5 Å². The number of carbonyl (C=O) groups excluding carboxylic acids is 1. The molecule has 34 heavy (non-hydrogen) atoms. The van der Waals surface area contributed by atoms with Gasteiger partial charge in [0.1, 0.15) is 12.1 Å². The quantitative estimate of drug-likeness (QED) is 0.655. The van der Waals surface area contributed by atoms with E-state index in [1.54, 1.807) is 21.8 Å². The first kappa shape index (κ1) is 24.3. The first-order chi connectivity index (χ1) is 16.2. The van der Waals surface area contributed by atoms with Gasteiger partial charge in [0, 0.05) is 36.3 Å². The Morgan fingerprint density at radius 3 is 2.68 bits per heavy atom. The molecule has 1 aliphatic heterocycles. The van der Waals surface area contributed by atoms with E-state index in [0.717, 1.165) is 31.2 Å². The maximum absolute atomic E-state index is 12.2. The van der Waals surface area contributed by atoms with Gasteiger partial charge in [-0.1, -0.05) is 23.4 Å². The maximum Gasteiger partial charge on any atom is 0.410 e. The minimum Gasteiger partial charge on any atom is -0.444 e. The predicted molar refractivity (Wildman–Crippen MR) is 129 cm³/mol. The van der Waals surface area contributed by atoms with Crippen molar-refractivity contribution in [2.45, 2.75) is 70.8 Å². The molecule has 0 bridgehead atoms. The third-order valence-corrected chi connectivity index (χ3v) is 6.04. The molecule has 10 heteroatoms. The highest BCUT2D eigenvalue weighted by Crippen LogP contribution is 2.32. The van der Waals surface area contributed by atoms with Crippen molar-refractivity contribution >= 4 is 23.5 Å². The second kappa shape index (κ2) is 10.2. The largest absolute Gasteiger partial charge is 0.444 e. The Labute approximate surface area is 204 Å². The Morgan fingerprint density at radius 2 is 1.97 bits per heavy atom. The molecule has 0 unspecified atom stereocenters. The summed E-state index contributed by atoms with van der Waals surface area (Å²) in [6.07, 6.45) is 7.38. The lowest BCUT2D eigenvalue weighted by Crippen LogP contribution is -2.45. The summed E-state index contributed by atoms with van der Waals surface area (Å²) in [5, 5.41) is 12.2. The summed E-state index contributed by atoms with van der Waals surface area (Å²) in [4.78, 5) is 14.0. The molecule has 3 heterocycles. The topological polar surface area (TPSA) is 108 Å². The fourth-order valence-electron chi connectivity index (χ4n) is 4.04. The van der Waals surface area contributed by atoms with Crippen LogP contribution in [0.15, 0.2) is 18.5 Å². The van der Waals surface area contributed by atoms with Crippen molar-refractivity contribution in [2.24, 2.45) is 5.92 Å². The molecule has 2 N–H and O–H groups in total. The first-order valence-corrected chi connectivity index (χ1v) is 12.0. The number of nitrogens with two attached hydrogens (primary N) is 1. The number of piperidine rings is 1. The van der Waals surface area contributed by atoms with E-state index in [0.29, 0.717) is 36.9 Å². The summed E-state index contributed by atoms with van der Waals surface area (Å²) >= 11 is 5.92. The van der Waals surface area contributed by atoms with Gasteiger partial charge in [-0.15, -0.1) is 10.2 Å². The highest BCUT2D eigenvalue weighted by atomic mass is 35.5. The predicted octanol–water partition coefficient (Wildman–Crippen LogP) is 3.77. The molecule has 0 radical (unpaired) electrons. The SMILES string of the molecule is CC(C)(C)OC(=O)N1CCC(O[C@H]2C[C@H](C#CCn3cc(-c4cc(Cl)nnc4N)cn3)C2)CC1. The van der Waals surface area contributed by atoms with Crippen LogP contribution in [0.3, 0.4) is 0 Å². The second-order valence-electron chi connectivity index (χ2n) is 9.81. The first-order valence-electron chi connectivity index (χ1n) is 11.6. The molecule has 1 saturated heterocycles. The minimum absolute atomic E-state index is 0.198. The number of anilines is 1. The number of likely N-dealkylation sites (tertiary alicyclic amines) is 1. The van der Waals surface area contributed by atoms with Gasteiger partial charge in [0.15, 0.2) is 11.0 Å². The summed E-state index contributed by atoms with van der Waals surface area (Å²) < 4.78 is 13.4. The molecule has 0 spiro atoms. The monoisotopic (exact) mass is 486 g/mol. The van der Waals surface area contributed by atoms with E-state index < -0.39 is 5.60 Å². The van der Waals surface area contributed by atoms with Gasteiger partial charge in [0.05, 0.1) is 18.4 Å². The van der Waals surface area contributed by atoms with E-state index in [1.807, 2.05) is 27.0 Å². The number of nitrogens with zero attached hydrogens (tertiary/aromatic N) is 5. The van der Waals surface area contributed by atoms with Crippen molar-refractivity contribution in [3.05, 3.63) is 23.6 Å². The van der Waals surface area contributed by atoms with Gasteiger partial charge in [0.25, 0.3) is 0 Å². The number of rotatable bonds is 4. The second-order valence-corrected chi connectivity index (χ2v) is 10.2. The van der Waals surface area contributed by atoms with Crippen molar-refractivity contribution < 1.29 is 14.3 Å². The number of hydrogen-bond donors (Lipinski definition) is 1. The average molecular weight is 487 g/mol. The molecule has 1 aliphatic carbocycles. The molecular weight excluding hydrogens is 456 g/mol. The van der Waals surface area contributed by atoms with Gasteiger partial charge in [-0.3, -0.25) is 4.68 Å². The van der Waals surface area contributed by atoms with Crippen LogP contribution in [0.4, 0.5) is 10.6 Å². The zero-order valence-corrected chi connectivity index (χ0v) is 20.6. The van der Waals surface area contributed by atoms with Crippen LogP contribution in [0.25, 0.3) is 11.1 Å².